The summed E-state index contributed by atoms with van der Waals surface area (Å²) in [5.74, 6) is -0.149. The predicted molar refractivity (Wildman–Crippen MR) is 92.1 cm³/mol. The van der Waals surface area contributed by atoms with E-state index in [1.807, 2.05) is 26.1 Å². The van der Waals surface area contributed by atoms with E-state index in [-0.39, 0.29) is 11.4 Å². The van der Waals surface area contributed by atoms with E-state index in [2.05, 4.69) is 38.2 Å². The Morgan fingerprint density at radius 2 is 1.91 bits per heavy atom. The van der Waals surface area contributed by atoms with Crippen molar-refractivity contribution in [3.8, 4) is 0 Å². The van der Waals surface area contributed by atoms with Gasteiger partial charge in [-0.1, -0.05) is 50.1 Å². The van der Waals surface area contributed by atoms with Crippen molar-refractivity contribution in [3.63, 3.8) is 0 Å². The molecule has 3 nitrogen and oxygen atoms in total. The summed E-state index contributed by atoms with van der Waals surface area (Å²) in [7, 11) is 3.45. The topological polar surface area (TPSA) is 38.3 Å². The molecule has 124 valence electrons. The second kappa shape index (κ2) is 7.77. The fourth-order valence-electron chi connectivity index (χ4n) is 3.07. The molecule has 0 saturated carbocycles. The van der Waals surface area contributed by atoms with Gasteiger partial charge in [0.2, 0.25) is 0 Å². The van der Waals surface area contributed by atoms with Crippen LogP contribution >= 0.6 is 0 Å². The third-order valence-corrected chi connectivity index (χ3v) is 4.48. The van der Waals surface area contributed by atoms with Crippen LogP contribution in [0.3, 0.4) is 0 Å². The van der Waals surface area contributed by atoms with Gasteiger partial charge in [0.1, 0.15) is 0 Å². The molecular formula is C19H31NO2. The van der Waals surface area contributed by atoms with Crippen LogP contribution in [0.2, 0.25) is 0 Å². The van der Waals surface area contributed by atoms with Crippen LogP contribution in [0, 0.1) is 12.3 Å². The monoisotopic (exact) mass is 305 g/mol. The summed E-state index contributed by atoms with van der Waals surface area (Å²) in [4.78, 5) is 12.4. The summed E-state index contributed by atoms with van der Waals surface area (Å²) >= 11 is 0. The van der Waals surface area contributed by atoms with Crippen molar-refractivity contribution in [2.24, 2.45) is 5.41 Å². The summed E-state index contributed by atoms with van der Waals surface area (Å²) in [6.07, 6.45) is 2.87. The van der Waals surface area contributed by atoms with Gasteiger partial charge < -0.3 is 10.1 Å². The number of methoxy groups -OCH3 is 1. The van der Waals surface area contributed by atoms with E-state index in [4.69, 9.17) is 4.74 Å². The lowest BCUT2D eigenvalue weighted by Crippen LogP contribution is -2.34. The van der Waals surface area contributed by atoms with Crippen LogP contribution < -0.4 is 5.32 Å². The Morgan fingerprint density at radius 1 is 1.23 bits per heavy atom. The van der Waals surface area contributed by atoms with Gasteiger partial charge in [-0.3, -0.25) is 4.79 Å². The van der Waals surface area contributed by atoms with Gasteiger partial charge >= 0.3 is 5.97 Å². The number of esters is 1. The summed E-state index contributed by atoms with van der Waals surface area (Å²) in [5.41, 5.74) is 1.88. The van der Waals surface area contributed by atoms with Crippen molar-refractivity contribution in [1.82, 2.24) is 5.32 Å². The Bertz CT molecular complexity index is 496. The average molecular weight is 305 g/mol. The van der Waals surface area contributed by atoms with Crippen molar-refractivity contribution >= 4 is 5.97 Å². The molecule has 0 radical (unpaired) electrons. The Morgan fingerprint density at radius 3 is 2.45 bits per heavy atom. The highest BCUT2D eigenvalue weighted by Crippen LogP contribution is 2.34. The van der Waals surface area contributed by atoms with Gasteiger partial charge in [0, 0.05) is 0 Å². The van der Waals surface area contributed by atoms with E-state index >= 15 is 0 Å². The van der Waals surface area contributed by atoms with Gasteiger partial charge in [-0.2, -0.15) is 0 Å². The summed E-state index contributed by atoms with van der Waals surface area (Å²) < 4.78 is 5.09. The van der Waals surface area contributed by atoms with E-state index < -0.39 is 5.41 Å². The maximum Gasteiger partial charge on any atom is 0.315 e. The van der Waals surface area contributed by atoms with E-state index in [1.165, 1.54) is 12.7 Å². The first kappa shape index (κ1) is 18.7. The van der Waals surface area contributed by atoms with E-state index in [9.17, 15) is 4.79 Å². The largest absolute Gasteiger partial charge is 0.468 e. The van der Waals surface area contributed by atoms with Crippen LogP contribution in [-0.4, -0.2) is 26.7 Å². The van der Waals surface area contributed by atoms with E-state index in [0.717, 1.165) is 31.4 Å². The Labute approximate surface area is 135 Å². The van der Waals surface area contributed by atoms with E-state index in [1.54, 1.807) is 0 Å². The Kier molecular flexibility index (Phi) is 6.61. The lowest BCUT2D eigenvalue weighted by Gasteiger charge is -2.30. The van der Waals surface area contributed by atoms with Crippen LogP contribution in [0.5, 0.6) is 0 Å². The normalized spacial score (nSPS) is 14.5. The molecule has 22 heavy (non-hydrogen) atoms. The number of carbonyl (C=O) groups excluding carboxylic acids is 1. The first-order valence-corrected chi connectivity index (χ1v) is 8.05. The molecule has 0 aliphatic rings. The zero-order chi connectivity index (χ0) is 16.8. The molecule has 3 heteroatoms. The first-order valence-electron chi connectivity index (χ1n) is 8.05. The molecule has 1 aromatic rings. The molecule has 0 aliphatic heterocycles. The van der Waals surface area contributed by atoms with E-state index in [0.29, 0.717) is 0 Å². The van der Waals surface area contributed by atoms with Crippen LogP contribution in [0.25, 0.3) is 0 Å². The van der Waals surface area contributed by atoms with Crippen molar-refractivity contribution in [1.29, 1.82) is 0 Å². The highest BCUT2D eigenvalue weighted by atomic mass is 16.5. The number of nitrogens with one attached hydrogen (secondary N) is 1. The molecule has 1 rings (SSSR count). The molecule has 1 atom stereocenters. The quantitative estimate of drug-likeness (QED) is 0.742. The summed E-state index contributed by atoms with van der Waals surface area (Å²) in [6.45, 7) is 9.54. The molecule has 0 bridgehead atoms. The van der Waals surface area contributed by atoms with Gasteiger partial charge in [-0.25, -0.2) is 0 Å². The standard InChI is InChI=1S/C19H31NO2/c1-15-9-7-10-16(13-15)19(4,17(21)22-6)12-8-11-18(2,3)14-20-5/h7,9-10,13,20H,8,11-12,14H2,1-6H3. The van der Waals surface area contributed by atoms with Crippen molar-refractivity contribution < 1.29 is 9.53 Å². The number of aryl methyl sites for hydroxylation is 1. The number of rotatable bonds is 8. The van der Waals surface area contributed by atoms with Gasteiger partial charge in [-0.15, -0.1) is 0 Å². The molecule has 1 unspecified atom stereocenters. The SMILES string of the molecule is CNCC(C)(C)CCCC(C)(C(=O)OC)c1cccc(C)c1. The molecule has 0 aromatic heterocycles. The van der Waals surface area contributed by atoms with Crippen LogP contribution in [0.4, 0.5) is 0 Å². The average Bonchev–Trinajstić information content (AvgIpc) is 2.45. The van der Waals surface area contributed by atoms with Crippen LogP contribution in [0.15, 0.2) is 24.3 Å². The van der Waals surface area contributed by atoms with Gasteiger partial charge in [0.15, 0.2) is 0 Å². The molecule has 0 heterocycles. The highest BCUT2D eigenvalue weighted by Gasteiger charge is 2.36. The third-order valence-electron chi connectivity index (χ3n) is 4.48. The second-order valence-electron chi connectivity index (χ2n) is 7.24. The van der Waals surface area contributed by atoms with Gasteiger partial charge in [0.25, 0.3) is 0 Å². The number of hydrogen-bond donors (Lipinski definition) is 1. The molecule has 1 N–H and O–H groups in total. The fraction of sp³-hybridized carbons (Fsp3) is 0.632. The maximum absolute atomic E-state index is 12.4. The molecule has 1 aromatic carbocycles. The maximum atomic E-state index is 12.4. The molecule has 0 aliphatic carbocycles. The molecular weight excluding hydrogens is 274 g/mol. The predicted octanol–water partition coefficient (Wildman–Crippen LogP) is 3.84. The van der Waals surface area contributed by atoms with Crippen molar-refractivity contribution in [2.45, 2.75) is 52.4 Å². The molecule has 0 spiro atoms. The van der Waals surface area contributed by atoms with Gasteiger partial charge in [-0.05, 0) is 51.3 Å². The minimum Gasteiger partial charge on any atom is -0.468 e. The zero-order valence-corrected chi connectivity index (χ0v) is 15.0. The first-order chi connectivity index (χ1) is 10.2. The molecule has 0 fully saturated rings. The fourth-order valence-corrected chi connectivity index (χ4v) is 3.07. The Hall–Kier alpha value is -1.35. The minimum atomic E-state index is -0.573. The molecule has 0 amide bonds. The van der Waals surface area contributed by atoms with Crippen LogP contribution in [0.1, 0.15) is 51.2 Å². The van der Waals surface area contributed by atoms with Crippen LogP contribution in [-0.2, 0) is 14.9 Å². The lowest BCUT2D eigenvalue weighted by molar-refractivity contribution is -0.147. The minimum absolute atomic E-state index is 0.149. The number of ether oxygens (including phenoxy) is 1. The lowest BCUT2D eigenvalue weighted by atomic mass is 9.75. The molecule has 0 saturated heterocycles. The Balaban J connectivity index is 2.88. The zero-order valence-electron chi connectivity index (χ0n) is 15.0. The highest BCUT2D eigenvalue weighted by molar-refractivity contribution is 5.82. The van der Waals surface area contributed by atoms with Crippen molar-refractivity contribution in [2.75, 3.05) is 20.7 Å². The van der Waals surface area contributed by atoms with Gasteiger partial charge in [0.05, 0.1) is 12.5 Å². The van der Waals surface area contributed by atoms with Crippen molar-refractivity contribution in [3.05, 3.63) is 35.4 Å². The second-order valence-corrected chi connectivity index (χ2v) is 7.24. The third kappa shape index (κ3) is 4.84. The number of benzene rings is 1. The smallest absolute Gasteiger partial charge is 0.315 e. The summed E-state index contributed by atoms with van der Waals surface area (Å²) in [5, 5.41) is 3.24. The summed E-state index contributed by atoms with van der Waals surface area (Å²) in [6, 6.07) is 8.19. The number of carbonyl (C=O) groups is 1. The number of hydrogen-bond acceptors (Lipinski definition) is 3.